The lowest BCUT2D eigenvalue weighted by atomic mass is 10.4. The summed E-state index contributed by atoms with van der Waals surface area (Å²) < 4.78 is 12.2. The SMILES string of the molecule is CN(C)c1ccc(F)nc1. The van der Waals surface area contributed by atoms with Crippen molar-refractivity contribution in [3.8, 4) is 0 Å². The summed E-state index contributed by atoms with van der Waals surface area (Å²) in [5.74, 6) is -0.439. The van der Waals surface area contributed by atoms with E-state index >= 15 is 0 Å². The zero-order valence-corrected chi connectivity index (χ0v) is 6.00. The van der Waals surface area contributed by atoms with Crippen LogP contribution in [0, 0.1) is 5.95 Å². The number of hydrogen-bond donors (Lipinski definition) is 0. The summed E-state index contributed by atoms with van der Waals surface area (Å²) in [6.07, 6.45) is 1.50. The fraction of sp³-hybridized carbons (Fsp3) is 0.286. The maximum atomic E-state index is 12.2. The summed E-state index contributed by atoms with van der Waals surface area (Å²) in [4.78, 5) is 5.36. The van der Waals surface area contributed by atoms with Crippen LogP contribution < -0.4 is 4.90 Å². The largest absolute Gasteiger partial charge is 0.376 e. The molecule has 0 amide bonds. The minimum atomic E-state index is -0.439. The first-order valence-corrected chi connectivity index (χ1v) is 2.99. The molecule has 0 atom stereocenters. The van der Waals surface area contributed by atoms with Crippen LogP contribution in [-0.2, 0) is 0 Å². The second-order valence-electron chi connectivity index (χ2n) is 2.23. The van der Waals surface area contributed by atoms with Gasteiger partial charge in [0.1, 0.15) is 0 Å². The van der Waals surface area contributed by atoms with E-state index in [2.05, 4.69) is 4.98 Å². The third-order valence-electron chi connectivity index (χ3n) is 1.23. The maximum Gasteiger partial charge on any atom is 0.212 e. The number of nitrogens with zero attached hydrogens (tertiary/aromatic N) is 2. The van der Waals surface area contributed by atoms with E-state index < -0.39 is 5.95 Å². The van der Waals surface area contributed by atoms with Gasteiger partial charge in [-0.3, -0.25) is 0 Å². The van der Waals surface area contributed by atoms with E-state index in [-0.39, 0.29) is 0 Å². The summed E-state index contributed by atoms with van der Waals surface area (Å²) in [7, 11) is 3.77. The van der Waals surface area contributed by atoms with E-state index in [1.54, 1.807) is 6.07 Å². The first-order valence-electron chi connectivity index (χ1n) is 2.99. The molecule has 0 aromatic carbocycles. The number of anilines is 1. The molecule has 0 spiro atoms. The smallest absolute Gasteiger partial charge is 0.212 e. The molecule has 0 fully saturated rings. The van der Waals surface area contributed by atoms with Gasteiger partial charge < -0.3 is 4.90 Å². The molecule has 0 radical (unpaired) electrons. The Bertz CT molecular complexity index is 205. The Kier molecular flexibility index (Phi) is 1.85. The van der Waals surface area contributed by atoms with Crippen LogP contribution >= 0.6 is 0 Å². The molecule has 3 heteroatoms. The molecule has 1 heterocycles. The molecule has 10 heavy (non-hydrogen) atoms. The average Bonchev–Trinajstić information content (AvgIpc) is 1.88. The van der Waals surface area contributed by atoms with Crippen LogP contribution in [0.25, 0.3) is 0 Å². The number of halogens is 1. The van der Waals surface area contributed by atoms with E-state index in [0.717, 1.165) is 5.69 Å². The van der Waals surface area contributed by atoms with Crippen molar-refractivity contribution in [1.29, 1.82) is 0 Å². The van der Waals surface area contributed by atoms with E-state index in [4.69, 9.17) is 0 Å². The van der Waals surface area contributed by atoms with Crippen LogP contribution in [0.15, 0.2) is 18.3 Å². The third kappa shape index (κ3) is 1.43. The van der Waals surface area contributed by atoms with Crippen LogP contribution in [-0.4, -0.2) is 19.1 Å². The van der Waals surface area contributed by atoms with Gasteiger partial charge in [-0.2, -0.15) is 4.39 Å². The van der Waals surface area contributed by atoms with Gasteiger partial charge in [0.25, 0.3) is 0 Å². The van der Waals surface area contributed by atoms with Crippen molar-refractivity contribution in [1.82, 2.24) is 4.98 Å². The summed E-state index contributed by atoms with van der Waals surface area (Å²) in [6.45, 7) is 0. The highest BCUT2D eigenvalue weighted by Crippen LogP contribution is 2.07. The Morgan fingerprint density at radius 1 is 1.40 bits per heavy atom. The third-order valence-corrected chi connectivity index (χ3v) is 1.23. The van der Waals surface area contributed by atoms with Crippen LogP contribution in [0.4, 0.5) is 10.1 Å². The van der Waals surface area contributed by atoms with Gasteiger partial charge in [0.2, 0.25) is 5.95 Å². The Morgan fingerprint density at radius 3 is 2.50 bits per heavy atom. The Hall–Kier alpha value is -1.12. The van der Waals surface area contributed by atoms with Crippen LogP contribution in [0.2, 0.25) is 0 Å². The van der Waals surface area contributed by atoms with Crippen LogP contribution in [0.1, 0.15) is 0 Å². The lowest BCUT2D eigenvalue weighted by Crippen LogP contribution is -2.08. The maximum absolute atomic E-state index is 12.2. The Morgan fingerprint density at radius 2 is 2.10 bits per heavy atom. The second-order valence-corrected chi connectivity index (χ2v) is 2.23. The summed E-state index contributed by atoms with van der Waals surface area (Å²) in [5, 5.41) is 0. The van der Waals surface area contributed by atoms with Gasteiger partial charge in [0, 0.05) is 14.1 Å². The molecule has 2 nitrogen and oxygen atoms in total. The molecular formula is C7H9FN2. The molecule has 1 rings (SSSR count). The summed E-state index contributed by atoms with van der Waals surface area (Å²) in [5.41, 5.74) is 0.904. The molecule has 0 saturated carbocycles. The van der Waals surface area contributed by atoms with Crippen LogP contribution in [0.3, 0.4) is 0 Å². The van der Waals surface area contributed by atoms with Gasteiger partial charge in [-0.1, -0.05) is 0 Å². The Labute approximate surface area is 59.3 Å². The van der Waals surface area contributed by atoms with Crippen molar-refractivity contribution >= 4 is 5.69 Å². The van der Waals surface area contributed by atoms with Crippen molar-refractivity contribution in [3.05, 3.63) is 24.3 Å². The lowest BCUT2D eigenvalue weighted by Gasteiger charge is -2.10. The fourth-order valence-corrected chi connectivity index (χ4v) is 0.633. The first kappa shape index (κ1) is 6.99. The van der Waals surface area contributed by atoms with Gasteiger partial charge in [-0.25, -0.2) is 4.98 Å². The fourth-order valence-electron chi connectivity index (χ4n) is 0.633. The molecule has 1 aromatic rings. The molecule has 0 aliphatic heterocycles. The standard InChI is InChI=1S/C7H9FN2/c1-10(2)6-3-4-7(8)9-5-6/h3-5H,1-2H3. The van der Waals surface area contributed by atoms with Crippen molar-refractivity contribution in [3.63, 3.8) is 0 Å². The second kappa shape index (κ2) is 2.64. The number of pyridine rings is 1. The molecule has 0 unspecified atom stereocenters. The highest BCUT2D eigenvalue weighted by atomic mass is 19.1. The predicted molar refractivity (Wildman–Crippen MR) is 38.5 cm³/mol. The van der Waals surface area contributed by atoms with Gasteiger partial charge in [-0.05, 0) is 12.1 Å². The zero-order chi connectivity index (χ0) is 7.56. The molecule has 0 saturated heterocycles. The van der Waals surface area contributed by atoms with Crippen molar-refractivity contribution in [2.45, 2.75) is 0 Å². The molecule has 1 aromatic heterocycles. The topological polar surface area (TPSA) is 16.1 Å². The highest BCUT2D eigenvalue weighted by Gasteiger charge is 1.94. The summed E-state index contributed by atoms with van der Waals surface area (Å²) >= 11 is 0. The molecule has 0 bridgehead atoms. The minimum Gasteiger partial charge on any atom is -0.376 e. The average molecular weight is 140 g/mol. The van der Waals surface area contributed by atoms with E-state index in [1.165, 1.54) is 12.3 Å². The van der Waals surface area contributed by atoms with Crippen LogP contribution in [0.5, 0.6) is 0 Å². The van der Waals surface area contributed by atoms with E-state index in [0.29, 0.717) is 0 Å². The molecule has 0 aliphatic rings. The van der Waals surface area contributed by atoms with Crippen molar-refractivity contribution in [2.75, 3.05) is 19.0 Å². The highest BCUT2D eigenvalue weighted by molar-refractivity contribution is 5.41. The quantitative estimate of drug-likeness (QED) is 0.546. The number of hydrogen-bond acceptors (Lipinski definition) is 2. The summed E-state index contributed by atoms with van der Waals surface area (Å²) in [6, 6.07) is 3.03. The number of aromatic nitrogens is 1. The molecular weight excluding hydrogens is 131 g/mol. The van der Waals surface area contributed by atoms with Crippen molar-refractivity contribution in [2.24, 2.45) is 0 Å². The van der Waals surface area contributed by atoms with E-state index in [9.17, 15) is 4.39 Å². The molecule has 54 valence electrons. The van der Waals surface area contributed by atoms with E-state index in [1.807, 2.05) is 19.0 Å². The van der Waals surface area contributed by atoms with Crippen molar-refractivity contribution < 1.29 is 4.39 Å². The van der Waals surface area contributed by atoms with Gasteiger partial charge >= 0.3 is 0 Å². The Balaban J connectivity index is 2.89. The normalized spacial score (nSPS) is 9.50. The lowest BCUT2D eigenvalue weighted by molar-refractivity contribution is 0.584. The minimum absolute atomic E-state index is 0.439. The zero-order valence-electron chi connectivity index (χ0n) is 6.00. The van der Waals surface area contributed by atoms with Gasteiger partial charge in [0.05, 0.1) is 11.9 Å². The van der Waals surface area contributed by atoms with Gasteiger partial charge in [0.15, 0.2) is 0 Å². The predicted octanol–water partition coefficient (Wildman–Crippen LogP) is 1.29. The molecule has 0 aliphatic carbocycles. The first-order chi connectivity index (χ1) is 4.70. The number of rotatable bonds is 1. The monoisotopic (exact) mass is 140 g/mol. The molecule has 0 N–H and O–H groups in total. The van der Waals surface area contributed by atoms with Gasteiger partial charge in [-0.15, -0.1) is 0 Å².